The number of rotatable bonds is 7. The van der Waals surface area contributed by atoms with Gasteiger partial charge in [0.1, 0.15) is 5.38 Å². The van der Waals surface area contributed by atoms with Gasteiger partial charge in [-0.05, 0) is 44.0 Å². The first-order chi connectivity index (χ1) is 13.8. The average Bonchev–Trinajstić information content (AvgIpc) is 3.09. The molecular formula is C21H22Cl2N4OS. The number of hydrogen-bond donors (Lipinski definition) is 1. The first kappa shape index (κ1) is 21.7. The van der Waals surface area contributed by atoms with Crippen LogP contribution in [0.25, 0.3) is 5.69 Å². The van der Waals surface area contributed by atoms with Gasteiger partial charge in [0.05, 0.1) is 12.2 Å². The zero-order chi connectivity index (χ0) is 21.0. The number of nitrogens with one attached hydrogen (secondary N) is 1. The SMILES string of the molecule is Cc1cccc(CSc2nnc(CNC(=O)C(C)Cl)n2-c2cc(Cl)ccc2C)c1. The van der Waals surface area contributed by atoms with Crippen molar-refractivity contribution in [2.45, 2.75) is 43.6 Å². The van der Waals surface area contributed by atoms with Gasteiger partial charge in [0.15, 0.2) is 11.0 Å². The molecule has 152 valence electrons. The normalized spacial score (nSPS) is 12.0. The summed E-state index contributed by atoms with van der Waals surface area (Å²) in [4.78, 5) is 11.9. The smallest absolute Gasteiger partial charge is 0.238 e. The van der Waals surface area contributed by atoms with Crippen LogP contribution >= 0.6 is 35.0 Å². The minimum atomic E-state index is -0.616. The number of aryl methyl sites for hydroxylation is 2. The van der Waals surface area contributed by atoms with E-state index in [4.69, 9.17) is 23.2 Å². The number of thioether (sulfide) groups is 1. The second-order valence-corrected chi connectivity index (χ2v) is 8.81. The van der Waals surface area contributed by atoms with Crippen LogP contribution in [0.15, 0.2) is 47.6 Å². The molecule has 0 saturated heterocycles. The van der Waals surface area contributed by atoms with Crippen LogP contribution in [-0.4, -0.2) is 26.0 Å². The summed E-state index contributed by atoms with van der Waals surface area (Å²) >= 11 is 13.7. The highest BCUT2D eigenvalue weighted by molar-refractivity contribution is 7.98. The van der Waals surface area contributed by atoms with E-state index in [0.717, 1.165) is 22.2 Å². The third-order valence-electron chi connectivity index (χ3n) is 4.34. The third-order valence-corrected chi connectivity index (χ3v) is 5.78. The summed E-state index contributed by atoms with van der Waals surface area (Å²) in [5, 5.41) is 12.2. The van der Waals surface area contributed by atoms with Crippen LogP contribution in [0, 0.1) is 13.8 Å². The number of carbonyl (C=O) groups is 1. The molecular weight excluding hydrogens is 427 g/mol. The Morgan fingerprint density at radius 3 is 2.72 bits per heavy atom. The molecule has 1 unspecified atom stereocenters. The Labute approximate surface area is 184 Å². The zero-order valence-corrected chi connectivity index (χ0v) is 18.8. The Hall–Kier alpha value is -2.02. The summed E-state index contributed by atoms with van der Waals surface area (Å²) in [6.45, 7) is 5.93. The van der Waals surface area contributed by atoms with Crippen molar-refractivity contribution in [1.29, 1.82) is 0 Å². The third kappa shape index (κ3) is 5.53. The van der Waals surface area contributed by atoms with Crippen LogP contribution in [-0.2, 0) is 17.1 Å². The molecule has 0 aliphatic rings. The summed E-state index contributed by atoms with van der Waals surface area (Å²) in [6, 6.07) is 14.1. The second kappa shape index (κ2) is 9.65. The summed E-state index contributed by atoms with van der Waals surface area (Å²) < 4.78 is 1.95. The molecule has 0 saturated carbocycles. The van der Waals surface area contributed by atoms with Crippen molar-refractivity contribution in [1.82, 2.24) is 20.1 Å². The van der Waals surface area contributed by atoms with Crippen molar-refractivity contribution in [3.63, 3.8) is 0 Å². The number of benzene rings is 2. The van der Waals surface area contributed by atoms with Gasteiger partial charge in [-0.2, -0.15) is 0 Å². The van der Waals surface area contributed by atoms with Gasteiger partial charge >= 0.3 is 0 Å². The number of carbonyl (C=O) groups excluding carboxylic acids is 1. The number of alkyl halides is 1. The van der Waals surface area contributed by atoms with Gasteiger partial charge in [0.25, 0.3) is 0 Å². The standard InChI is InChI=1S/C21H22Cl2N4OS/c1-13-5-4-6-16(9-13)12-29-21-26-25-19(11-24-20(28)15(3)22)27(21)18-10-17(23)8-7-14(18)2/h4-10,15H,11-12H2,1-3H3,(H,24,28). The van der Waals surface area contributed by atoms with Crippen molar-refractivity contribution in [2.75, 3.05) is 0 Å². The van der Waals surface area contributed by atoms with Gasteiger partial charge in [-0.15, -0.1) is 21.8 Å². The van der Waals surface area contributed by atoms with Gasteiger partial charge in [-0.25, -0.2) is 0 Å². The first-order valence-electron chi connectivity index (χ1n) is 9.16. The van der Waals surface area contributed by atoms with E-state index >= 15 is 0 Å². The monoisotopic (exact) mass is 448 g/mol. The van der Waals surface area contributed by atoms with Crippen LogP contribution in [0.5, 0.6) is 0 Å². The lowest BCUT2D eigenvalue weighted by molar-refractivity contribution is -0.120. The molecule has 8 heteroatoms. The Bertz CT molecular complexity index is 1020. The molecule has 1 heterocycles. The molecule has 0 spiro atoms. The van der Waals surface area contributed by atoms with Crippen molar-refractivity contribution in [2.24, 2.45) is 0 Å². The fourth-order valence-electron chi connectivity index (χ4n) is 2.83. The number of halogens is 2. The Balaban J connectivity index is 1.93. The Morgan fingerprint density at radius 1 is 1.21 bits per heavy atom. The molecule has 1 atom stereocenters. The van der Waals surface area contributed by atoms with E-state index in [1.54, 1.807) is 18.7 Å². The van der Waals surface area contributed by atoms with E-state index in [2.05, 4.69) is 40.6 Å². The molecule has 0 aliphatic carbocycles. The fourth-order valence-corrected chi connectivity index (χ4v) is 3.98. The number of amides is 1. The van der Waals surface area contributed by atoms with Crippen LogP contribution < -0.4 is 5.32 Å². The molecule has 0 aliphatic heterocycles. The molecule has 3 aromatic rings. The molecule has 0 radical (unpaired) electrons. The molecule has 5 nitrogen and oxygen atoms in total. The summed E-state index contributed by atoms with van der Waals surface area (Å²) in [6.07, 6.45) is 0. The lowest BCUT2D eigenvalue weighted by Gasteiger charge is -2.14. The van der Waals surface area contributed by atoms with Crippen molar-refractivity contribution >= 4 is 40.9 Å². The predicted octanol–water partition coefficient (Wildman–Crippen LogP) is 5.07. The lowest BCUT2D eigenvalue weighted by atomic mass is 10.2. The molecule has 29 heavy (non-hydrogen) atoms. The molecule has 2 aromatic carbocycles. The van der Waals surface area contributed by atoms with E-state index in [0.29, 0.717) is 10.8 Å². The van der Waals surface area contributed by atoms with Gasteiger partial charge in [0.2, 0.25) is 5.91 Å². The number of aromatic nitrogens is 3. The molecule has 1 amide bonds. The van der Waals surface area contributed by atoms with E-state index in [-0.39, 0.29) is 12.5 Å². The van der Waals surface area contributed by atoms with Crippen molar-refractivity contribution in [3.8, 4) is 5.69 Å². The van der Waals surface area contributed by atoms with Crippen molar-refractivity contribution in [3.05, 3.63) is 70.0 Å². The molecule has 1 N–H and O–H groups in total. The number of nitrogens with zero attached hydrogens (tertiary/aromatic N) is 3. The van der Waals surface area contributed by atoms with Crippen molar-refractivity contribution < 1.29 is 4.79 Å². The molecule has 0 fully saturated rings. The highest BCUT2D eigenvalue weighted by Gasteiger charge is 2.18. The Morgan fingerprint density at radius 2 is 2.00 bits per heavy atom. The van der Waals surface area contributed by atoms with Crippen LogP contribution in [0.3, 0.4) is 0 Å². The van der Waals surface area contributed by atoms with E-state index < -0.39 is 5.38 Å². The zero-order valence-electron chi connectivity index (χ0n) is 16.4. The fraction of sp³-hybridized carbons (Fsp3) is 0.286. The summed E-state index contributed by atoms with van der Waals surface area (Å²) in [5.41, 5.74) is 4.34. The first-order valence-corrected chi connectivity index (χ1v) is 11.0. The van der Waals surface area contributed by atoms with Gasteiger partial charge in [0, 0.05) is 10.8 Å². The Kier molecular flexibility index (Phi) is 7.22. The van der Waals surface area contributed by atoms with Gasteiger partial charge in [-0.3, -0.25) is 9.36 Å². The van der Waals surface area contributed by atoms with Crippen LogP contribution in [0.1, 0.15) is 29.4 Å². The van der Waals surface area contributed by atoms with Crippen LogP contribution in [0.2, 0.25) is 5.02 Å². The maximum absolute atomic E-state index is 11.9. The van der Waals surface area contributed by atoms with Gasteiger partial charge < -0.3 is 5.32 Å². The molecule has 1 aromatic heterocycles. The highest BCUT2D eigenvalue weighted by atomic mass is 35.5. The summed E-state index contributed by atoms with van der Waals surface area (Å²) in [7, 11) is 0. The maximum Gasteiger partial charge on any atom is 0.238 e. The lowest BCUT2D eigenvalue weighted by Crippen LogP contribution is -2.30. The maximum atomic E-state index is 11.9. The summed E-state index contributed by atoms with van der Waals surface area (Å²) in [5.74, 6) is 1.12. The molecule has 3 rings (SSSR count). The largest absolute Gasteiger partial charge is 0.348 e. The van der Waals surface area contributed by atoms with Crippen LogP contribution in [0.4, 0.5) is 0 Å². The minimum Gasteiger partial charge on any atom is -0.348 e. The average molecular weight is 449 g/mol. The predicted molar refractivity (Wildman–Crippen MR) is 119 cm³/mol. The van der Waals surface area contributed by atoms with E-state index in [9.17, 15) is 4.79 Å². The topological polar surface area (TPSA) is 59.8 Å². The quantitative estimate of drug-likeness (QED) is 0.404. The van der Waals surface area contributed by atoms with E-state index in [1.807, 2.05) is 35.8 Å². The van der Waals surface area contributed by atoms with Gasteiger partial charge in [-0.1, -0.05) is 59.3 Å². The highest BCUT2D eigenvalue weighted by Crippen LogP contribution is 2.28. The second-order valence-electron chi connectivity index (χ2n) is 6.78. The molecule has 0 bridgehead atoms. The minimum absolute atomic E-state index is 0.222. The number of hydrogen-bond acceptors (Lipinski definition) is 4. The van der Waals surface area contributed by atoms with E-state index in [1.165, 1.54) is 11.1 Å².